The maximum Gasteiger partial charge on any atom is 0.223 e. The fraction of sp³-hybridized carbons (Fsp3) is 0.286. The number of carbonyl (C=O) groups excluding carboxylic acids is 1. The molecule has 30 heavy (non-hydrogen) atoms. The molecule has 0 bridgehead atoms. The monoisotopic (exact) mass is 432 g/mol. The molecule has 2 heterocycles. The van der Waals surface area contributed by atoms with Gasteiger partial charge in [0, 0.05) is 55.8 Å². The van der Waals surface area contributed by atoms with Gasteiger partial charge in [-0.15, -0.1) is 0 Å². The van der Waals surface area contributed by atoms with Gasteiger partial charge >= 0.3 is 0 Å². The third-order valence-electron chi connectivity index (χ3n) is 5.04. The number of nitrogens with zero attached hydrogens (tertiary/aromatic N) is 4. The smallest absolute Gasteiger partial charge is 0.223 e. The van der Waals surface area contributed by atoms with Crippen molar-refractivity contribution in [3.63, 3.8) is 0 Å². The molecule has 0 aliphatic carbocycles. The predicted octanol–water partition coefficient (Wildman–Crippen LogP) is 3.90. The van der Waals surface area contributed by atoms with Crippen molar-refractivity contribution in [3.8, 4) is 11.4 Å². The third kappa shape index (κ3) is 4.62. The van der Waals surface area contributed by atoms with Gasteiger partial charge in [-0.3, -0.25) is 4.79 Å². The summed E-state index contributed by atoms with van der Waals surface area (Å²) in [6, 6.07) is 9.44. The summed E-state index contributed by atoms with van der Waals surface area (Å²) >= 11 is 1.27. The van der Waals surface area contributed by atoms with E-state index in [4.69, 9.17) is 0 Å². The lowest BCUT2D eigenvalue weighted by Crippen LogP contribution is -2.48. The first kappa shape index (κ1) is 20.3. The highest BCUT2D eigenvalue weighted by atomic mass is 32.1. The van der Waals surface area contributed by atoms with Gasteiger partial charge in [-0.2, -0.15) is 9.36 Å². The van der Waals surface area contributed by atoms with Crippen LogP contribution in [0.2, 0.25) is 0 Å². The summed E-state index contributed by atoms with van der Waals surface area (Å²) < 4.78 is 44.1. The van der Waals surface area contributed by atoms with Crippen molar-refractivity contribution < 1.29 is 18.0 Å². The summed E-state index contributed by atoms with van der Waals surface area (Å²) in [5, 5.41) is 0.759. The fourth-order valence-electron chi connectivity index (χ4n) is 3.33. The highest BCUT2D eigenvalue weighted by Crippen LogP contribution is 2.25. The molecule has 9 heteroatoms. The van der Waals surface area contributed by atoms with Crippen LogP contribution in [0.3, 0.4) is 0 Å². The van der Waals surface area contributed by atoms with E-state index in [0.29, 0.717) is 37.6 Å². The van der Waals surface area contributed by atoms with Gasteiger partial charge in [-0.25, -0.2) is 13.2 Å². The van der Waals surface area contributed by atoms with Crippen molar-refractivity contribution in [2.45, 2.75) is 12.8 Å². The average molecular weight is 432 g/mol. The van der Waals surface area contributed by atoms with Gasteiger partial charge in [0.25, 0.3) is 0 Å². The topological polar surface area (TPSA) is 49.3 Å². The van der Waals surface area contributed by atoms with E-state index in [1.54, 1.807) is 17.0 Å². The van der Waals surface area contributed by atoms with Gasteiger partial charge in [0.05, 0.1) is 0 Å². The van der Waals surface area contributed by atoms with Crippen molar-refractivity contribution in [1.82, 2.24) is 14.3 Å². The van der Waals surface area contributed by atoms with Gasteiger partial charge in [0.2, 0.25) is 11.0 Å². The number of hydrogen-bond donors (Lipinski definition) is 0. The van der Waals surface area contributed by atoms with E-state index in [0.717, 1.165) is 16.8 Å². The van der Waals surface area contributed by atoms with E-state index < -0.39 is 11.6 Å². The van der Waals surface area contributed by atoms with Gasteiger partial charge in [0.1, 0.15) is 17.5 Å². The maximum absolute atomic E-state index is 13.7. The molecule has 5 nitrogen and oxygen atoms in total. The second-order valence-corrected chi connectivity index (χ2v) is 7.74. The quantitative estimate of drug-likeness (QED) is 0.614. The predicted molar refractivity (Wildman–Crippen MR) is 109 cm³/mol. The van der Waals surface area contributed by atoms with E-state index in [1.807, 2.05) is 0 Å². The SMILES string of the molecule is O=C(CCc1ccc(F)cc1F)N1CCN(c2nc(-c3ccc(F)cc3)ns2)CC1. The van der Waals surface area contributed by atoms with Crippen molar-refractivity contribution in [1.29, 1.82) is 0 Å². The van der Waals surface area contributed by atoms with Crippen LogP contribution in [0.4, 0.5) is 18.3 Å². The Hall–Kier alpha value is -2.94. The van der Waals surface area contributed by atoms with Crippen LogP contribution in [0.1, 0.15) is 12.0 Å². The number of anilines is 1. The van der Waals surface area contributed by atoms with Gasteiger partial charge in [0.15, 0.2) is 5.82 Å². The maximum atomic E-state index is 13.7. The zero-order valence-corrected chi connectivity index (χ0v) is 16.8. The summed E-state index contributed by atoms with van der Waals surface area (Å²) in [6.07, 6.45) is 0.415. The lowest BCUT2D eigenvalue weighted by atomic mass is 10.1. The van der Waals surface area contributed by atoms with Gasteiger partial charge in [-0.1, -0.05) is 6.07 Å². The molecule has 2 aromatic carbocycles. The van der Waals surface area contributed by atoms with Crippen LogP contribution in [0.25, 0.3) is 11.4 Å². The number of hydrogen-bond acceptors (Lipinski definition) is 5. The molecule has 1 saturated heterocycles. The Bertz CT molecular complexity index is 1030. The number of halogens is 3. The molecule has 1 aliphatic heterocycles. The fourth-order valence-corrected chi connectivity index (χ4v) is 4.07. The van der Waals surface area contributed by atoms with Crippen LogP contribution in [0.5, 0.6) is 0 Å². The number of aromatic nitrogens is 2. The molecular weight excluding hydrogens is 413 g/mol. The summed E-state index contributed by atoms with van der Waals surface area (Å²) in [5.74, 6) is -1.06. The molecule has 3 aromatic rings. The lowest BCUT2D eigenvalue weighted by molar-refractivity contribution is -0.131. The average Bonchev–Trinajstić information content (AvgIpc) is 3.24. The molecule has 1 aliphatic rings. The normalized spacial score (nSPS) is 14.2. The van der Waals surface area contributed by atoms with Crippen molar-refractivity contribution in [2.24, 2.45) is 0 Å². The van der Waals surface area contributed by atoms with Crippen LogP contribution in [-0.4, -0.2) is 46.3 Å². The van der Waals surface area contributed by atoms with Crippen LogP contribution in [0, 0.1) is 17.5 Å². The Balaban J connectivity index is 1.30. The zero-order chi connectivity index (χ0) is 21.1. The standard InChI is InChI=1S/C21H19F3N4OS/c22-16-5-2-15(3-6-16)20-25-21(30-26-20)28-11-9-27(10-12-28)19(29)8-4-14-1-7-17(23)13-18(14)24/h1-3,5-7,13H,4,8-12H2. The van der Waals surface area contributed by atoms with Crippen molar-refractivity contribution in [2.75, 3.05) is 31.1 Å². The second kappa shape index (κ2) is 8.83. The van der Waals surface area contributed by atoms with Crippen LogP contribution >= 0.6 is 11.5 Å². The van der Waals surface area contributed by atoms with Crippen molar-refractivity contribution in [3.05, 3.63) is 65.5 Å². The number of amides is 1. The Labute approximate surface area is 175 Å². The van der Waals surface area contributed by atoms with E-state index in [2.05, 4.69) is 14.3 Å². The van der Waals surface area contributed by atoms with Gasteiger partial charge in [-0.05, 0) is 42.3 Å². The number of carbonyl (C=O) groups is 1. The second-order valence-electron chi connectivity index (χ2n) is 7.01. The number of benzene rings is 2. The van der Waals surface area contributed by atoms with Crippen LogP contribution < -0.4 is 4.90 Å². The first-order valence-corrected chi connectivity index (χ1v) is 10.3. The van der Waals surface area contributed by atoms with E-state index in [1.165, 1.54) is 35.8 Å². The van der Waals surface area contributed by atoms with E-state index in [-0.39, 0.29) is 24.6 Å². The minimum absolute atomic E-state index is 0.0531. The highest BCUT2D eigenvalue weighted by molar-refractivity contribution is 7.09. The van der Waals surface area contributed by atoms with E-state index >= 15 is 0 Å². The van der Waals surface area contributed by atoms with Crippen molar-refractivity contribution >= 4 is 22.6 Å². The molecule has 156 valence electrons. The number of rotatable bonds is 5. The first-order chi connectivity index (χ1) is 14.5. The molecule has 1 fully saturated rings. The van der Waals surface area contributed by atoms with Gasteiger partial charge < -0.3 is 9.80 Å². The minimum atomic E-state index is -0.627. The summed E-state index contributed by atoms with van der Waals surface area (Å²) in [4.78, 5) is 20.8. The molecule has 0 saturated carbocycles. The Kier molecular flexibility index (Phi) is 5.98. The molecule has 1 aromatic heterocycles. The van der Waals surface area contributed by atoms with Crippen LogP contribution in [0.15, 0.2) is 42.5 Å². The molecule has 1 amide bonds. The van der Waals surface area contributed by atoms with E-state index in [9.17, 15) is 18.0 Å². The molecule has 0 spiro atoms. The number of aryl methyl sites for hydroxylation is 1. The Morgan fingerprint density at radius 2 is 1.67 bits per heavy atom. The third-order valence-corrected chi connectivity index (χ3v) is 5.82. The molecule has 0 unspecified atom stereocenters. The molecular formula is C21H19F3N4OS. The highest BCUT2D eigenvalue weighted by Gasteiger charge is 2.23. The lowest BCUT2D eigenvalue weighted by Gasteiger charge is -2.34. The number of piperazine rings is 1. The molecule has 0 N–H and O–H groups in total. The summed E-state index contributed by atoms with van der Waals surface area (Å²) in [6.45, 7) is 2.32. The van der Waals surface area contributed by atoms with Crippen LogP contribution in [-0.2, 0) is 11.2 Å². The molecule has 0 radical (unpaired) electrons. The Morgan fingerprint density at radius 3 is 2.37 bits per heavy atom. The molecule has 4 rings (SSSR count). The zero-order valence-electron chi connectivity index (χ0n) is 16.0. The largest absolute Gasteiger partial charge is 0.343 e. The Morgan fingerprint density at radius 1 is 0.967 bits per heavy atom. The molecule has 0 atom stereocenters. The first-order valence-electron chi connectivity index (χ1n) is 9.56. The summed E-state index contributed by atoms with van der Waals surface area (Å²) in [5.41, 5.74) is 1.09. The summed E-state index contributed by atoms with van der Waals surface area (Å²) in [7, 11) is 0. The minimum Gasteiger partial charge on any atom is -0.343 e.